The van der Waals surface area contributed by atoms with Gasteiger partial charge in [0.2, 0.25) is 0 Å². The SMILES string of the molecule is Cc1ccc(Cc2ccc3ccsc3c2)s1. The van der Waals surface area contributed by atoms with E-state index in [1.54, 1.807) is 0 Å². The van der Waals surface area contributed by atoms with Gasteiger partial charge in [-0.3, -0.25) is 0 Å². The molecule has 2 aromatic heterocycles. The molecule has 80 valence electrons. The molecule has 2 heteroatoms. The number of hydrogen-bond donors (Lipinski definition) is 0. The minimum Gasteiger partial charge on any atom is -0.145 e. The zero-order valence-corrected chi connectivity index (χ0v) is 10.7. The molecular formula is C14H12S2. The van der Waals surface area contributed by atoms with Crippen LogP contribution in [0.15, 0.2) is 41.8 Å². The first-order chi connectivity index (χ1) is 7.81. The van der Waals surface area contributed by atoms with Crippen LogP contribution in [0.4, 0.5) is 0 Å². The highest BCUT2D eigenvalue weighted by Crippen LogP contribution is 2.25. The van der Waals surface area contributed by atoms with Crippen molar-refractivity contribution in [2.45, 2.75) is 13.3 Å². The summed E-state index contributed by atoms with van der Waals surface area (Å²) in [6.07, 6.45) is 1.06. The number of aryl methyl sites for hydroxylation is 1. The van der Waals surface area contributed by atoms with Crippen molar-refractivity contribution in [3.05, 3.63) is 57.1 Å². The maximum absolute atomic E-state index is 2.31. The van der Waals surface area contributed by atoms with Gasteiger partial charge < -0.3 is 0 Å². The maximum atomic E-state index is 2.31. The van der Waals surface area contributed by atoms with E-state index in [4.69, 9.17) is 0 Å². The first-order valence-electron chi connectivity index (χ1n) is 5.33. The fourth-order valence-electron chi connectivity index (χ4n) is 1.89. The highest BCUT2D eigenvalue weighted by Gasteiger charge is 2.01. The third-order valence-electron chi connectivity index (χ3n) is 2.69. The monoisotopic (exact) mass is 244 g/mol. The lowest BCUT2D eigenvalue weighted by Gasteiger charge is -1.99. The molecule has 3 aromatic rings. The molecule has 0 radical (unpaired) electrons. The van der Waals surface area contributed by atoms with E-state index in [0.29, 0.717) is 0 Å². The van der Waals surface area contributed by atoms with Crippen molar-refractivity contribution in [3.63, 3.8) is 0 Å². The molecule has 1 aromatic carbocycles. The normalized spacial score (nSPS) is 11.1. The molecular weight excluding hydrogens is 232 g/mol. The van der Waals surface area contributed by atoms with Crippen molar-refractivity contribution >= 4 is 32.8 Å². The van der Waals surface area contributed by atoms with Gasteiger partial charge in [-0.05, 0) is 47.5 Å². The first-order valence-corrected chi connectivity index (χ1v) is 7.02. The molecule has 0 aliphatic rings. The van der Waals surface area contributed by atoms with E-state index in [0.717, 1.165) is 6.42 Å². The fourth-order valence-corrected chi connectivity index (χ4v) is 3.67. The summed E-state index contributed by atoms with van der Waals surface area (Å²) in [4.78, 5) is 2.85. The predicted octanol–water partition coefficient (Wildman–Crippen LogP) is 4.86. The Bertz CT molecular complexity index is 616. The summed E-state index contributed by atoms with van der Waals surface area (Å²) in [5.74, 6) is 0. The van der Waals surface area contributed by atoms with Gasteiger partial charge in [0.25, 0.3) is 0 Å². The molecule has 3 rings (SSSR count). The van der Waals surface area contributed by atoms with Crippen LogP contribution >= 0.6 is 22.7 Å². The van der Waals surface area contributed by atoms with E-state index in [1.807, 2.05) is 22.7 Å². The van der Waals surface area contributed by atoms with Gasteiger partial charge in [-0.1, -0.05) is 12.1 Å². The zero-order chi connectivity index (χ0) is 11.0. The lowest BCUT2D eigenvalue weighted by Crippen LogP contribution is -1.82. The molecule has 0 spiro atoms. The number of thiophene rings is 2. The molecule has 0 aliphatic carbocycles. The highest BCUT2D eigenvalue weighted by atomic mass is 32.1. The maximum Gasteiger partial charge on any atom is 0.0345 e. The quantitative estimate of drug-likeness (QED) is 0.604. The second kappa shape index (κ2) is 4.04. The van der Waals surface area contributed by atoms with E-state index >= 15 is 0 Å². The van der Waals surface area contributed by atoms with Gasteiger partial charge in [-0.2, -0.15) is 0 Å². The van der Waals surface area contributed by atoms with Crippen molar-refractivity contribution in [2.24, 2.45) is 0 Å². The molecule has 0 saturated carbocycles. The molecule has 0 saturated heterocycles. The van der Waals surface area contributed by atoms with Crippen molar-refractivity contribution < 1.29 is 0 Å². The van der Waals surface area contributed by atoms with Crippen LogP contribution in [0.1, 0.15) is 15.3 Å². The lowest BCUT2D eigenvalue weighted by atomic mass is 10.1. The molecule has 0 unspecified atom stereocenters. The van der Waals surface area contributed by atoms with Gasteiger partial charge in [-0.15, -0.1) is 22.7 Å². The van der Waals surface area contributed by atoms with Crippen molar-refractivity contribution in [1.82, 2.24) is 0 Å². The molecule has 16 heavy (non-hydrogen) atoms. The smallest absolute Gasteiger partial charge is 0.0345 e. The molecule has 0 nitrogen and oxygen atoms in total. The molecule has 2 heterocycles. The van der Waals surface area contributed by atoms with E-state index in [9.17, 15) is 0 Å². The summed E-state index contributed by atoms with van der Waals surface area (Å²) in [5.41, 5.74) is 1.41. The van der Waals surface area contributed by atoms with Gasteiger partial charge in [0.1, 0.15) is 0 Å². The van der Waals surface area contributed by atoms with Crippen molar-refractivity contribution in [1.29, 1.82) is 0 Å². The Morgan fingerprint density at radius 3 is 2.81 bits per heavy atom. The van der Waals surface area contributed by atoms with Crippen LogP contribution in [0.3, 0.4) is 0 Å². The number of fused-ring (bicyclic) bond motifs is 1. The highest BCUT2D eigenvalue weighted by molar-refractivity contribution is 7.17. The largest absolute Gasteiger partial charge is 0.145 e. The Labute approximate surface area is 103 Å². The number of benzene rings is 1. The van der Waals surface area contributed by atoms with Crippen LogP contribution in [0.5, 0.6) is 0 Å². The van der Waals surface area contributed by atoms with E-state index in [-0.39, 0.29) is 0 Å². The Morgan fingerprint density at radius 2 is 2.00 bits per heavy atom. The Hall–Kier alpha value is -1.12. The molecule has 0 N–H and O–H groups in total. The standard InChI is InChI=1S/C14H12S2/c1-10-2-5-13(16-10)8-11-3-4-12-6-7-15-14(12)9-11/h2-7,9H,8H2,1H3. The molecule has 0 fully saturated rings. The number of rotatable bonds is 2. The molecule has 0 aliphatic heterocycles. The molecule has 0 bridgehead atoms. The molecule has 0 amide bonds. The van der Waals surface area contributed by atoms with Crippen LogP contribution in [-0.2, 0) is 6.42 Å². The third-order valence-corrected chi connectivity index (χ3v) is 4.58. The Balaban J connectivity index is 1.94. The van der Waals surface area contributed by atoms with Gasteiger partial charge in [-0.25, -0.2) is 0 Å². The van der Waals surface area contributed by atoms with Crippen LogP contribution in [-0.4, -0.2) is 0 Å². The van der Waals surface area contributed by atoms with E-state index in [2.05, 4.69) is 48.7 Å². The zero-order valence-electron chi connectivity index (χ0n) is 9.07. The van der Waals surface area contributed by atoms with Crippen LogP contribution in [0, 0.1) is 6.92 Å². The Morgan fingerprint density at radius 1 is 1.06 bits per heavy atom. The van der Waals surface area contributed by atoms with E-state index < -0.39 is 0 Å². The summed E-state index contributed by atoms with van der Waals surface area (Å²) in [5, 5.41) is 3.51. The summed E-state index contributed by atoms with van der Waals surface area (Å²) in [6, 6.07) is 13.4. The van der Waals surface area contributed by atoms with Gasteiger partial charge >= 0.3 is 0 Å². The predicted molar refractivity (Wildman–Crippen MR) is 73.7 cm³/mol. The third kappa shape index (κ3) is 1.91. The summed E-state index contributed by atoms with van der Waals surface area (Å²) < 4.78 is 1.39. The summed E-state index contributed by atoms with van der Waals surface area (Å²) in [6.45, 7) is 2.16. The van der Waals surface area contributed by atoms with Gasteiger partial charge in [0.15, 0.2) is 0 Å². The fraction of sp³-hybridized carbons (Fsp3) is 0.143. The van der Waals surface area contributed by atoms with Crippen LogP contribution in [0.2, 0.25) is 0 Å². The van der Waals surface area contributed by atoms with Gasteiger partial charge in [0, 0.05) is 20.9 Å². The van der Waals surface area contributed by atoms with Crippen LogP contribution < -0.4 is 0 Å². The topological polar surface area (TPSA) is 0 Å². The van der Waals surface area contributed by atoms with Crippen molar-refractivity contribution in [2.75, 3.05) is 0 Å². The second-order valence-corrected chi connectivity index (χ2v) is 6.30. The number of hydrogen-bond acceptors (Lipinski definition) is 2. The Kier molecular flexibility index (Phi) is 2.54. The summed E-state index contributed by atoms with van der Waals surface area (Å²) >= 11 is 3.71. The van der Waals surface area contributed by atoms with Gasteiger partial charge in [0.05, 0.1) is 0 Å². The minimum atomic E-state index is 1.06. The van der Waals surface area contributed by atoms with Crippen LogP contribution in [0.25, 0.3) is 10.1 Å². The lowest BCUT2D eigenvalue weighted by molar-refractivity contribution is 1.25. The second-order valence-electron chi connectivity index (χ2n) is 3.98. The van der Waals surface area contributed by atoms with E-state index in [1.165, 1.54) is 25.4 Å². The first kappa shape index (κ1) is 10.1. The average Bonchev–Trinajstić information content (AvgIpc) is 2.87. The average molecular weight is 244 g/mol. The molecule has 0 atom stereocenters. The summed E-state index contributed by atoms with van der Waals surface area (Å²) in [7, 11) is 0. The van der Waals surface area contributed by atoms with Crippen molar-refractivity contribution in [3.8, 4) is 0 Å². The minimum absolute atomic E-state index is 1.06.